The maximum absolute atomic E-state index is 9.45. The molecule has 0 aliphatic heterocycles. The molecular weight excluding hydrogens is 344 g/mol. The number of thiazole rings is 1. The molecule has 0 amide bonds. The second-order valence-corrected chi connectivity index (χ2v) is 7.46. The number of allylic oxidation sites excluding steroid dienone is 1. The fraction of sp³-hybridized carbons (Fsp3) is 0.294. The van der Waals surface area contributed by atoms with Crippen LogP contribution in [0.25, 0.3) is 11.6 Å². The van der Waals surface area contributed by atoms with Gasteiger partial charge in [-0.3, -0.25) is 0 Å². The first-order valence-electron chi connectivity index (χ1n) is 7.02. The molecular formula is C17H15BrN2S. The van der Waals surface area contributed by atoms with Crippen molar-refractivity contribution in [2.45, 2.75) is 26.2 Å². The van der Waals surface area contributed by atoms with Gasteiger partial charge in [0.15, 0.2) is 0 Å². The molecule has 1 heterocycles. The van der Waals surface area contributed by atoms with Crippen molar-refractivity contribution in [3.63, 3.8) is 0 Å². The molecule has 1 atom stereocenters. The molecule has 1 aliphatic rings. The highest BCUT2D eigenvalue weighted by Crippen LogP contribution is 2.33. The predicted octanol–water partition coefficient (Wildman–Crippen LogP) is 5.09. The van der Waals surface area contributed by atoms with Crippen LogP contribution in [0.1, 0.15) is 34.5 Å². The Bertz CT molecular complexity index is 722. The summed E-state index contributed by atoms with van der Waals surface area (Å²) in [7, 11) is 0. The molecule has 4 heteroatoms. The van der Waals surface area contributed by atoms with E-state index in [1.807, 2.05) is 30.3 Å². The standard InChI is InChI=1S/C17H15BrN2S/c1-11-2-7-15-16(8-11)21-17(20-15)13(10-19)9-12-3-5-14(18)6-4-12/h3-6,9,11H,2,7-8H2,1H3/b13-9+/t11-/m1/s1. The van der Waals surface area contributed by atoms with Crippen molar-refractivity contribution in [3.05, 3.63) is 49.9 Å². The molecule has 0 radical (unpaired) electrons. The second kappa shape index (κ2) is 6.13. The van der Waals surface area contributed by atoms with Gasteiger partial charge in [0.1, 0.15) is 11.1 Å². The van der Waals surface area contributed by atoms with E-state index in [0.29, 0.717) is 5.57 Å². The Morgan fingerprint density at radius 1 is 1.43 bits per heavy atom. The zero-order valence-corrected chi connectivity index (χ0v) is 14.2. The van der Waals surface area contributed by atoms with Gasteiger partial charge in [-0.2, -0.15) is 5.26 Å². The van der Waals surface area contributed by atoms with Gasteiger partial charge in [0.2, 0.25) is 0 Å². The van der Waals surface area contributed by atoms with Gasteiger partial charge < -0.3 is 0 Å². The number of fused-ring (bicyclic) bond motifs is 1. The number of rotatable bonds is 2. The van der Waals surface area contributed by atoms with Crippen molar-refractivity contribution in [1.29, 1.82) is 5.26 Å². The van der Waals surface area contributed by atoms with E-state index in [2.05, 4.69) is 33.9 Å². The molecule has 1 aromatic heterocycles. The number of nitrogens with zero attached hydrogens (tertiary/aromatic N) is 2. The van der Waals surface area contributed by atoms with E-state index in [1.165, 1.54) is 17.0 Å². The Morgan fingerprint density at radius 2 is 2.19 bits per heavy atom. The molecule has 3 rings (SSSR count). The van der Waals surface area contributed by atoms with E-state index in [-0.39, 0.29) is 0 Å². The summed E-state index contributed by atoms with van der Waals surface area (Å²) in [4.78, 5) is 6.05. The number of aryl methyl sites for hydroxylation is 1. The Labute approximate surface area is 137 Å². The molecule has 2 nitrogen and oxygen atoms in total. The van der Waals surface area contributed by atoms with Crippen LogP contribution in [-0.2, 0) is 12.8 Å². The van der Waals surface area contributed by atoms with Crippen LogP contribution in [0.3, 0.4) is 0 Å². The van der Waals surface area contributed by atoms with Gasteiger partial charge in [0.25, 0.3) is 0 Å². The van der Waals surface area contributed by atoms with Crippen LogP contribution in [-0.4, -0.2) is 4.98 Å². The van der Waals surface area contributed by atoms with Gasteiger partial charge in [0.05, 0.1) is 11.3 Å². The smallest absolute Gasteiger partial charge is 0.134 e. The summed E-state index contributed by atoms with van der Waals surface area (Å²) in [5.74, 6) is 0.729. The Balaban J connectivity index is 1.94. The summed E-state index contributed by atoms with van der Waals surface area (Å²) in [6, 6.07) is 10.3. The van der Waals surface area contributed by atoms with Crippen LogP contribution < -0.4 is 0 Å². The number of aromatic nitrogens is 1. The van der Waals surface area contributed by atoms with Crippen LogP contribution in [0.2, 0.25) is 0 Å². The summed E-state index contributed by atoms with van der Waals surface area (Å²) in [6.45, 7) is 2.28. The second-order valence-electron chi connectivity index (χ2n) is 5.46. The summed E-state index contributed by atoms with van der Waals surface area (Å²) in [6.07, 6.45) is 5.27. The summed E-state index contributed by atoms with van der Waals surface area (Å²) < 4.78 is 1.04. The maximum Gasteiger partial charge on any atom is 0.134 e. The largest absolute Gasteiger partial charge is 0.240 e. The third-order valence-corrected chi connectivity index (χ3v) is 5.40. The van der Waals surface area contributed by atoms with Gasteiger partial charge in [0, 0.05) is 9.35 Å². The van der Waals surface area contributed by atoms with Crippen molar-refractivity contribution < 1.29 is 0 Å². The van der Waals surface area contributed by atoms with Crippen molar-refractivity contribution in [1.82, 2.24) is 4.98 Å². The van der Waals surface area contributed by atoms with Crippen molar-refractivity contribution in [2.75, 3.05) is 0 Å². The molecule has 0 N–H and O–H groups in total. The number of nitriles is 1. The molecule has 0 spiro atoms. The minimum atomic E-state index is 0.657. The van der Waals surface area contributed by atoms with Gasteiger partial charge in [-0.25, -0.2) is 4.98 Å². The summed E-state index contributed by atoms with van der Waals surface area (Å²) >= 11 is 5.10. The predicted molar refractivity (Wildman–Crippen MR) is 90.9 cm³/mol. The SMILES string of the molecule is C[C@@H]1CCc2nc(/C(C#N)=C/c3ccc(Br)cc3)sc2C1. The van der Waals surface area contributed by atoms with Crippen LogP contribution >= 0.6 is 27.3 Å². The van der Waals surface area contributed by atoms with Crippen molar-refractivity contribution in [3.8, 4) is 6.07 Å². The van der Waals surface area contributed by atoms with Gasteiger partial charge >= 0.3 is 0 Å². The lowest BCUT2D eigenvalue weighted by Gasteiger charge is -2.15. The van der Waals surface area contributed by atoms with Crippen molar-refractivity contribution >= 4 is 38.9 Å². The maximum atomic E-state index is 9.45. The first-order chi connectivity index (χ1) is 10.2. The lowest BCUT2D eigenvalue weighted by molar-refractivity contribution is 0.502. The lowest BCUT2D eigenvalue weighted by Crippen LogP contribution is -2.09. The third kappa shape index (κ3) is 3.25. The number of hydrogen-bond donors (Lipinski definition) is 0. The fourth-order valence-corrected chi connectivity index (χ4v) is 4.02. The fourth-order valence-electron chi connectivity index (χ4n) is 2.52. The van der Waals surface area contributed by atoms with E-state index < -0.39 is 0 Å². The van der Waals surface area contributed by atoms with Crippen LogP contribution in [0, 0.1) is 17.2 Å². The first kappa shape index (κ1) is 14.5. The highest BCUT2D eigenvalue weighted by Gasteiger charge is 2.20. The van der Waals surface area contributed by atoms with E-state index in [0.717, 1.165) is 33.8 Å². The number of hydrogen-bond acceptors (Lipinski definition) is 3. The van der Waals surface area contributed by atoms with Crippen LogP contribution in [0.5, 0.6) is 0 Å². The highest BCUT2D eigenvalue weighted by atomic mass is 79.9. The molecule has 21 heavy (non-hydrogen) atoms. The molecule has 0 unspecified atom stereocenters. The minimum absolute atomic E-state index is 0.657. The third-order valence-electron chi connectivity index (χ3n) is 3.72. The molecule has 1 aliphatic carbocycles. The summed E-state index contributed by atoms with van der Waals surface area (Å²) in [5.41, 5.74) is 2.88. The summed E-state index contributed by atoms with van der Waals surface area (Å²) in [5, 5.41) is 10.3. The highest BCUT2D eigenvalue weighted by molar-refractivity contribution is 9.10. The van der Waals surface area contributed by atoms with E-state index in [4.69, 9.17) is 0 Å². The number of halogens is 1. The van der Waals surface area contributed by atoms with E-state index in [9.17, 15) is 5.26 Å². The van der Waals surface area contributed by atoms with Crippen LogP contribution in [0.4, 0.5) is 0 Å². The normalized spacial score (nSPS) is 18.1. The average molecular weight is 359 g/mol. The van der Waals surface area contributed by atoms with Gasteiger partial charge in [-0.05, 0) is 49.0 Å². The molecule has 2 aromatic rings. The zero-order valence-electron chi connectivity index (χ0n) is 11.8. The monoisotopic (exact) mass is 358 g/mol. The Morgan fingerprint density at radius 3 is 2.90 bits per heavy atom. The minimum Gasteiger partial charge on any atom is -0.240 e. The van der Waals surface area contributed by atoms with E-state index >= 15 is 0 Å². The zero-order chi connectivity index (χ0) is 14.8. The molecule has 106 valence electrons. The Hall–Kier alpha value is -1.44. The van der Waals surface area contributed by atoms with E-state index in [1.54, 1.807) is 11.3 Å². The molecule has 0 fully saturated rings. The topological polar surface area (TPSA) is 36.7 Å². The first-order valence-corrected chi connectivity index (χ1v) is 8.63. The molecule has 0 bridgehead atoms. The molecule has 1 aromatic carbocycles. The number of benzene rings is 1. The Kier molecular flexibility index (Phi) is 4.23. The lowest BCUT2D eigenvalue weighted by atomic mass is 9.93. The average Bonchev–Trinajstić information content (AvgIpc) is 2.89. The van der Waals surface area contributed by atoms with Crippen molar-refractivity contribution in [2.24, 2.45) is 5.92 Å². The molecule has 0 saturated heterocycles. The van der Waals surface area contributed by atoms with Crippen LogP contribution in [0.15, 0.2) is 28.7 Å². The molecule has 0 saturated carbocycles. The van der Waals surface area contributed by atoms with Gasteiger partial charge in [-0.1, -0.05) is 35.0 Å². The van der Waals surface area contributed by atoms with Gasteiger partial charge in [-0.15, -0.1) is 11.3 Å². The quantitative estimate of drug-likeness (QED) is 0.700.